The van der Waals surface area contributed by atoms with Crippen molar-refractivity contribution >= 4 is 74.4 Å². The van der Waals surface area contributed by atoms with Gasteiger partial charge in [-0.3, -0.25) is 33.7 Å². The van der Waals surface area contributed by atoms with Gasteiger partial charge in [-0.2, -0.15) is 10.1 Å². The number of carbonyl (C=O) groups excluding carboxylic acids is 3. The van der Waals surface area contributed by atoms with Crippen molar-refractivity contribution < 1.29 is 19.1 Å². The Labute approximate surface area is 321 Å². The second-order valence-electron chi connectivity index (χ2n) is 15.0. The number of benzene rings is 1. The number of ether oxygens (including phenoxy) is 1. The number of carbonyl (C=O) groups is 3. The molecule has 0 radical (unpaired) electrons. The van der Waals surface area contributed by atoms with Crippen LogP contribution >= 0.6 is 11.6 Å². The summed E-state index contributed by atoms with van der Waals surface area (Å²) >= 11 is 6.55. The first-order valence-electron chi connectivity index (χ1n) is 18.3. The van der Waals surface area contributed by atoms with Gasteiger partial charge in [-0.1, -0.05) is 18.5 Å². The molecule has 0 bridgehead atoms. The Morgan fingerprint density at radius 1 is 1.07 bits per heavy atom. The molecular weight excluding hydrogens is 726 g/mol. The molecule has 1 aromatic carbocycles. The molecule has 2 aliphatic heterocycles. The molecule has 2 saturated heterocycles. The number of amides is 3. The molecule has 4 N–H and O–H groups in total. The molecule has 5 aromatic rings. The summed E-state index contributed by atoms with van der Waals surface area (Å²) in [6.45, 7) is 3.72. The summed E-state index contributed by atoms with van der Waals surface area (Å²) in [5.41, 5.74) is 3.51. The molecule has 1 aliphatic carbocycles. The summed E-state index contributed by atoms with van der Waals surface area (Å²) < 4.78 is 8.67. The Morgan fingerprint density at radius 2 is 1.89 bits per heavy atom. The summed E-state index contributed by atoms with van der Waals surface area (Å²) in [6.07, 6.45) is 7.13. The van der Waals surface area contributed by atoms with Crippen LogP contribution in [0.4, 0.5) is 23.1 Å². The third-order valence-corrected chi connectivity index (χ3v) is 11.5. The van der Waals surface area contributed by atoms with Gasteiger partial charge in [0.25, 0.3) is 11.5 Å². The van der Waals surface area contributed by atoms with Crippen molar-refractivity contribution in [2.24, 2.45) is 25.4 Å². The first-order chi connectivity index (χ1) is 26.4. The minimum atomic E-state index is -0.433. The first kappa shape index (κ1) is 36.2. The number of halogens is 1. The highest BCUT2D eigenvalue weighted by molar-refractivity contribution is 6.33. The zero-order valence-corrected chi connectivity index (χ0v) is 31.7. The average molecular weight is 768 g/mol. The molecule has 1 saturated carbocycles. The first-order valence-corrected chi connectivity index (χ1v) is 18.7. The van der Waals surface area contributed by atoms with Crippen molar-refractivity contribution in [3.8, 4) is 5.75 Å². The number of hydrogen-bond acceptors (Lipinski definition) is 12. The molecule has 286 valence electrons. The Kier molecular flexibility index (Phi) is 9.31. The molecule has 1 spiro atoms. The van der Waals surface area contributed by atoms with Crippen LogP contribution in [0, 0.1) is 11.3 Å². The van der Waals surface area contributed by atoms with E-state index in [-0.39, 0.29) is 35.5 Å². The van der Waals surface area contributed by atoms with E-state index >= 15 is 0 Å². The fourth-order valence-electron chi connectivity index (χ4n) is 8.33. The number of piperidine rings is 1. The van der Waals surface area contributed by atoms with Gasteiger partial charge in [0, 0.05) is 68.6 Å². The lowest BCUT2D eigenvalue weighted by atomic mass is 9.64. The number of fused-ring (bicyclic) bond motifs is 2. The second kappa shape index (κ2) is 14.1. The van der Waals surface area contributed by atoms with Crippen LogP contribution in [0.1, 0.15) is 50.6 Å². The minimum Gasteiger partial charge on any atom is -0.478 e. The molecule has 3 amide bonds. The molecular formula is C38H42ClN11O5. The molecule has 4 aromatic heterocycles. The molecule has 3 aliphatic rings. The number of nitrogens with one attached hydrogen (secondary N) is 4. The molecule has 16 nitrogen and oxygen atoms in total. The van der Waals surface area contributed by atoms with Gasteiger partial charge in [0.1, 0.15) is 10.7 Å². The third-order valence-electron chi connectivity index (χ3n) is 11.2. The van der Waals surface area contributed by atoms with E-state index in [1.165, 1.54) is 11.6 Å². The highest BCUT2D eigenvalue weighted by Crippen LogP contribution is 2.48. The zero-order chi connectivity index (χ0) is 38.6. The standard InChI is InChI=1S/C38H42ClN11O5/c1-20-14-38(10-9-27(20)43-22-5-6-24-28(13-22)49(4)47-32(24)25-7-8-30(51)45-35(25)53)18-50(19-38)37-42-16-26(39)33(46-37)44-23-11-21-12-29(55-17-31(52)40-2)36(54)48(3)34(21)41-15-23/h5-6,11-13,15-16,20,25,27,43H,7-10,14,17-19H2,1-4H3,(H,40,52)(H,42,44,46)(H,45,51,53)/t20-,25-,27-/m1/s1. The van der Waals surface area contributed by atoms with Crippen molar-refractivity contribution in [1.29, 1.82) is 0 Å². The van der Waals surface area contributed by atoms with Crippen LogP contribution in [0.25, 0.3) is 21.9 Å². The SMILES string of the molecule is CNC(=O)COc1cc2cc(Nc3nc(N4CC5(CC[C@@H](Nc6ccc7c([C@H]8CCC(=O)NC8=O)nn(C)c7c6)[C@H](C)C5)C4)ncc3Cl)cnc2n(C)c1=O. The molecule has 3 atom stereocenters. The number of likely N-dealkylation sites (N-methyl/N-ethyl adjacent to an activating group) is 1. The molecule has 55 heavy (non-hydrogen) atoms. The minimum absolute atomic E-state index is 0.0408. The van der Waals surface area contributed by atoms with Crippen LogP contribution in [-0.4, -0.2) is 79.8 Å². The van der Waals surface area contributed by atoms with Gasteiger partial charge in [-0.05, 0) is 61.9 Å². The largest absolute Gasteiger partial charge is 0.478 e. The summed E-state index contributed by atoms with van der Waals surface area (Å²) in [5.74, 6) is 0.195. The highest BCUT2D eigenvalue weighted by Gasteiger charge is 2.48. The number of aryl methyl sites for hydroxylation is 2. The summed E-state index contributed by atoms with van der Waals surface area (Å²) in [4.78, 5) is 64.7. The number of rotatable bonds is 9. The molecule has 17 heteroatoms. The Hall–Kier alpha value is -5.77. The maximum Gasteiger partial charge on any atom is 0.294 e. The quantitative estimate of drug-likeness (QED) is 0.159. The van der Waals surface area contributed by atoms with Crippen LogP contribution < -0.4 is 36.5 Å². The molecule has 6 heterocycles. The monoisotopic (exact) mass is 767 g/mol. The molecule has 3 fully saturated rings. The van der Waals surface area contributed by atoms with Crippen LogP contribution in [0.3, 0.4) is 0 Å². The van der Waals surface area contributed by atoms with E-state index < -0.39 is 11.5 Å². The maximum absolute atomic E-state index is 12.8. The molecule has 0 unspecified atom stereocenters. The fraction of sp³-hybridized carbons (Fsp3) is 0.421. The zero-order valence-electron chi connectivity index (χ0n) is 31.0. The lowest BCUT2D eigenvalue weighted by Gasteiger charge is -2.55. The van der Waals surface area contributed by atoms with E-state index in [2.05, 4.69) is 60.3 Å². The summed E-state index contributed by atoms with van der Waals surface area (Å²) in [6, 6.07) is 9.87. The van der Waals surface area contributed by atoms with Gasteiger partial charge in [0.2, 0.25) is 17.8 Å². The van der Waals surface area contributed by atoms with Crippen molar-refractivity contribution in [3.63, 3.8) is 0 Å². The number of nitrogens with zero attached hydrogens (tertiary/aromatic N) is 7. The number of aromatic nitrogens is 6. The predicted molar refractivity (Wildman–Crippen MR) is 208 cm³/mol. The number of pyridine rings is 2. The smallest absolute Gasteiger partial charge is 0.294 e. The maximum atomic E-state index is 12.8. The Bertz CT molecular complexity index is 2420. The van der Waals surface area contributed by atoms with Crippen LogP contribution in [-0.2, 0) is 28.5 Å². The van der Waals surface area contributed by atoms with Crippen molar-refractivity contribution in [1.82, 2.24) is 39.9 Å². The van der Waals surface area contributed by atoms with E-state index in [1.807, 2.05) is 23.9 Å². The highest BCUT2D eigenvalue weighted by atomic mass is 35.5. The lowest BCUT2D eigenvalue weighted by Crippen LogP contribution is -2.60. The van der Waals surface area contributed by atoms with Crippen LogP contribution in [0.5, 0.6) is 5.75 Å². The predicted octanol–water partition coefficient (Wildman–Crippen LogP) is 3.76. The topological polar surface area (TPSA) is 190 Å². The van der Waals surface area contributed by atoms with Crippen LogP contribution in [0.2, 0.25) is 5.02 Å². The van der Waals surface area contributed by atoms with E-state index in [1.54, 1.807) is 25.5 Å². The third kappa shape index (κ3) is 6.90. The van der Waals surface area contributed by atoms with E-state index in [4.69, 9.17) is 21.3 Å². The van der Waals surface area contributed by atoms with Gasteiger partial charge >= 0.3 is 0 Å². The fourth-order valence-corrected chi connectivity index (χ4v) is 8.47. The normalized spacial score (nSPS) is 20.7. The van der Waals surface area contributed by atoms with Gasteiger partial charge < -0.3 is 25.6 Å². The van der Waals surface area contributed by atoms with E-state index in [0.717, 1.165) is 48.9 Å². The Balaban J connectivity index is 0.906. The number of imide groups is 1. The van der Waals surface area contributed by atoms with Crippen LogP contribution in [0.15, 0.2) is 47.5 Å². The molecule has 8 rings (SSSR count). The summed E-state index contributed by atoms with van der Waals surface area (Å²) in [7, 11) is 4.98. The van der Waals surface area contributed by atoms with E-state index in [9.17, 15) is 19.2 Å². The second-order valence-corrected chi connectivity index (χ2v) is 15.4. The van der Waals surface area contributed by atoms with Gasteiger partial charge in [-0.15, -0.1) is 0 Å². The number of hydrogen-bond donors (Lipinski definition) is 4. The summed E-state index contributed by atoms with van der Waals surface area (Å²) in [5, 5.41) is 18.6. The van der Waals surface area contributed by atoms with Gasteiger partial charge in [-0.25, -0.2) is 9.97 Å². The van der Waals surface area contributed by atoms with Crippen molar-refractivity contribution in [2.45, 2.75) is 51.0 Å². The Morgan fingerprint density at radius 3 is 2.65 bits per heavy atom. The van der Waals surface area contributed by atoms with E-state index in [0.29, 0.717) is 64.0 Å². The van der Waals surface area contributed by atoms with Gasteiger partial charge in [0.05, 0.1) is 35.2 Å². The average Bonchev–Trinajstić information content (AvgIpc) is 3.47. The number of anilines is 4. The van der Waals surface area contributed by atoms with Gasteiger partial charge in [0.15, 0.2) is 18.2 Å². The van der Waals surface area contributed by atoms with Crippen molar-refractivity contribution in [2.75, 3.05) is 42.3 Å². The lowest BCUT2D eigenvalue weighted by molar-refractivity contribution is -0.134. The van der Waals surface area contributed by atoms with Crippen molar-refractivity contribution in [3.05, 3.63) is 63.8 Å².